The van der Waals surface area contributed by atoms with Crippen molar-refractivity contribution in [2.45, 2.75) is 0 Å². The molecule has 0 amide bonds. The van der Waals surface area contributed by atoms with Crippen LogP contribution in [0.15, 0.2) is 53.7 Å². The molecule has 262 valence electrons. The molecule has 0 aromatic heterocycles. The van der Waals surface area contributed by atoms with Crippen LogP contribution in [0, 0.1) is 0 Å². The lowest BCUT2D eigenvalue weighted by Gasteiger charge is -2.18. The Balaban J connectivity index is 0. The van der Waals surface area contributed by atoms with E-state index in [0.717, 1.165) is 0 Å². The molecule has 0 unspecified atom stereocenters. The van der Waals surface area contributed by atoms with E-state index in [4.69, 9.17) is 0 Å². The van der Waals surface area contributed by atoms with Gasteiger partial charge in [0.15, 0.2) is 0 Å². The first kappa shape index (κ1) is 51.8. The van der Waals surface area contributed by atoms with Gasteiger partial charge in [-0.3, -0.25) is 0 Å². The molecule has 0 heterocycles. The molecule has 0 aliphatic rings. The summed E-state index contributed by atoms with van der Waals surface area (Å²) >= 11 is 36.5. The molecule has 0 bridgehead atoms. The molecule has 0 atom stereocenters. The van der Waals surface area contributed by atoms with Crippen molar-refractivity contribution in [2.75, 3.05) is 0 Å². The van der Waals surface area contributed by atoms with Crippen LogP contribution in [0.1, 0.15) is 62.1 Å². The third-order valence-corrected chi connectivity index (χ3v) is 19.3. The number of benzene rings is 3. The molecule has 3 aromatic rings. The lowest BCUT2D eigenvalue weighted by atomic mass is 10.1. The van der Waals surface area contributed by atoms with E-state index in [1.807, 2.05) is 0 Å². The Bertz CT molecular complexity index is 1590. The quantitative estimate of drug-likeness (QED) is 0.253. The van der Waals surface area contributed by atoms with Crippen LogP contribution in [-0.4, -0.2) is 35.8 Å². The Hall–Kier alpha value is -0.340. The van der Waals surface area contributed by atoms with E-state index in [0.29, 0.717) is 26.8 Å². The average Bonchev–Trinajstić information content (AvgIpc) is 2.98. The third kappa shape index (κ3) is 11.3. The average molecular weight is 1470 g/mol. The fourth-order valence-corrected chi connectivity index (χ4v) is 10.4. The lowest BCUT2D eigenvalue weighted by Crippen LogP contribution is -2.31. The second-order valence-corrected chi connectivity index (χ2v) is 17.3. The number of aromatic carboxylic acids is 6. The summed E-state index contributed by atoms with van der Waals surface area (Å²) in [6.07, 6.45) is 0. The van der Waals surface area contributed by atoms with Crippen LogP contribution in [0.4, 0.5) is 0 Å². The highest BCUT2D eigenvalue weighted by molar-refractivity contribution is 9.16. The molecule has 0 N–H and O–H groups in total. The zero-order valence-electron chi connectivity index (χ0n) is 22.3. The predicted molar refractivity (Wildman–Crippen MR) is 202 cm³/mol. The summed E-state index contributed by atoms with van der Waals surface area (Å²) in [5.41, 5.74) is -2.91. The Labute approximate surface area is 380 Å². The zero-order chi connectivity index (χ0) is 37.9. The number of hydrogen-bond acceptors (Lipinski definition) is 12. The van der Waals surface area contributed by atoms with Gasteiger partial charge in [0.2, 0.25) is 0 Å². The Morgan fingerprint density at radius 3 is 0.380 bits per heavy atom. The number of hydrogen-bond donors (Lipinski definition) is 0. The minimum absolute atomic E-state index is 0. The highest BCUT2D eigenvalue weighted by Crippen LogP contribution is 2.44. The smallest absolute Gasteiger partial charge is 0.545 e. The van der Waals surface area contributed by atoms with Crippen LogP contribution in [0.2, 0.25) is 0 Å². The zero-order valence-corrected chi connectivity index (χ0v) is 41.4. The lowest BCUT2D eigenvalue weighted by molar-refractivity contribution is -0.259. The number of carboxylic acids is 6. The number of rotatable bonds is 6. The summed E-state index contributed by atoms with van der Waals surface area (Å²) in [4.78, 5) is 65.2. The molecule has 14 nitrogen and oxygen atoms in total. The molecule has 0 aliphatic heterocycles. The van der Waals surface area contributed by atoms with Crippen LogP contribution < -0.4 is 42.9 Å². The number of carboxylic acid groups (broad SMARTS) is 6. The topological polar surface area (TPSA) is 302 Å². The molecule has 50 heavy (non-hydrogen) atoms. The van der Waals surface area contributed by atoms with Crippen molar-refractivity contribution in [1.29, 1.82) is 0 Å². The molecule has 0 spiro atoms. The molecule has 0 aliphatic carbocycles. The van der Waals surface area contributed by atoms with Crippen molar-refractivity contribution in [3.05, 3.63) is 87.1 Å². The molecule has 0 fully saturated rings. The number of halogens is 12. The maximum absolute atomic E-state index is 10.9. The molecule has 3 rings (SSSR count). The Kier molecular flexibility index (Phi) is 22.3. The van der Waals surface area contributed by atoms with Gasteiger partial charge in [0.25, 0.3) is 0 Å². The predicted octanol–water partition coefficient (Wildman–Crippen LogP) is 3.43. The van der Waals surface area contributed by atoms with Gasteiger partial charge in [0, 0.05) is 87.1 Å². The fraction of sp³-hybridized carbons (Fsp3) is 0. The molecule has 3 aromatic carbocycles. The van der Waals surface area contributed by atoms with Crippen molar-refractivity contribution >= 4 is 227 Å². The monoisotopic (exact) mass is 1450 g/mol. The van der Waals surface area contributed by atoms with Crippen molar-refractivity contribution in [2.24, 2.45) is 0 Å². The van der Waals surface area contributed by atoms with Crippen molar-refractivity contribution in [3.8, 4) is 0 Å². The minimum atomic E-state index is -1.61. The first-order valence-corrected chi connectivity index (χ1v) is 20.2. The van der Waals surface area contributed by atoms with Gasteiger partial charge in [-0.2, -0.15) is 0 Å². The van der Waals surface area contributed by atoms with Crippen molar-refractivity contribution in [1.82, 2.24) is 12.3 Å². The molecular weight excluding hydrogens is 1470 g/mol. The highest BCUT2D eigenvalue weighted by Gasteiger charge is 3.00. The van der Waals surface area contributed by atoms with Crippen LogP contribution in [0.5, 0.6) is 0 Å². The number of carbonyl (C=O) groups is 6. The van der Waals surface area contributed by atoms with E-state index in [-0.39, 0.29) is 39.1 Å². The van der Waals surface area contributed by atoms with Gasteiger partial charge in [-0.25, -0.2) is 0 Å². The summed E-state index contributed by atoms with van der Waals surface area (Å²) < 4.78 is 2.61. The largest absolute Gasteiger partial charge is 3.00 e. The summed E-state index contributed by atoms with van der Waals surface area (Å²) in [5, 5.41) is 65.2. The van der Waals surface area contributed by atoms with Crippen LogP contribution in [-0.2, 0) is 0 Å². The first-order valence-electron chi connectivity index (χ1n) is 10.7. The van der Waals surface area contributed by atoms with Crippen molar-refractivity contribution in [3.63, 3.8) is 0 Å². The summed E-state index contributed by atoms with van der Waals surface area (Å²) in [7, 11) is 0. The standard InChI is InChI=1S/3C8H2Br4O4.2N/c3*9-3-1(7(13)14)2(8(15)16)4(10)6(12)5(3)11;;/h3*(H,13,14)(H,15,16);;/q;;;2*+3/p-6. The molecular formula is C24Br12N2O12. The second kappa shape index (κ2) is 21.5. The van der Waals surface area contributed by atoms with Gasteiger partial charge in [-0.15, -0.1) is 0 Å². The van der Waals surface area contributed by atoms with E-state index in [9.17, 15) is 59.4 Å². The van der Waals surface area contributed by atoms with Gasteiger partial charge in [0.05, 0.1) is 35.8 Å². The van der Waals surface area contributed by atoms with Crippen LogP contribution in [0.3, 0.4) is 0 Å². The fourth-order valence-electron chi connectivity index (χ4n) is 3.05. The van der Waals surface area contributed by atoms with Gasteiger partial charge < -0.3 is 59.4 Å². The van der Waals surface area contributed by atoms with Gasteiger partial charge >= 0.3 is 12.3 Å². The van der Waals surface area contributed by atoms with Gasteiger partial charge in [-0.05, 0) is 191 Å². The molecule has 26 heteroatoms. The summed E-state index contributed by atoms with van der Waals surface area (Å²) in [5.74, 6) is -9.67. The normalized spacial score (nSPS) is 9.84. The Morgan fingerprint density at radius 1 is 0.240 bits per heavy atom. The van der Waals surface area contributed by atoms with Crippen LogP contribution >= 0.6 is 191 Å². The van der Waals surface area contributed by atoms with E-state index < -0.39 is 69.2 Å². The Morgan fingerprint density at radius 2 is 0.320 bits per heavy atom. The highest BCUT2D eigenvalue weighted by atomic mass is 79.9. The number of nitrogens with zero attached hydrogens (tertiary/aromatic N) is 2. The van der Waals surface area contributed by atoms with Crippen molar-refractivity contribution < 1.29 is 59.4 Å². The maximum Gasteiger partial charge on any atom is 3.00 e. The SMILES string of the molecule is O=C([O-])c1c(Br)c(Br)c(Br)c(Br)c1C(=O)[O-].O=C([O-])c1c(Br)c(Br)c(Br)c(Br)c1C(=O)[O-].O=C([O-])c1c(Br)c(Br)c(Br)c(Br)c1C(=O)[O-].[N+3].[N+3]. The van der Waals surface area contributed by atoms with E-state index in [2.05, 4.69) is 191 Å². The first-order chi connectivity index (χ1) is 21.9. The minimum Gasteiger partial charge on any atom is -0.545 e. The summed E-state index contributed by atoms with van der Waals surface area (Å²) in [6.45, 7) is 0. The van der Waals surface area contributed by atoms with Gasteiger partial charge in [-0.1, -0.05) is 0 Å². The molecule has 4 radical (unpaired) electrons. The second-order valence-electron chi connectivity index (χ2n) is 7.74. The number of carbonyl (C=O) groups excluding carboxylic acids is 6. The van der Waals surface area contributed by atoms with E-state index >= 15 is 0 Å². The summed E-state index contributed by atoms with van der Waals surface area (Å²) in [6, 6.07) is 0. The molecule has 0 saturated heterocycles. The van der Waals surface area contributed by atoms with Crippen LogP contribution in [0.25, 0.3) is 0 Å². The van der Waals surface area contributed by atoms with E-state index in [1.165, 1.54) is 0 Å². The maximum atomic E-state index is 10.9. The van der Waals surface area contributed by atoms with Gasteiger partial charge in [0.1, 0.15) is 0 Å². The molecule has 0 saturated carbocycles. The third-order valence-electron chi connectivity index (χ3n) is 5.03. The van der Waals surface area contributed by atoms with E-state index in [1.54, 1.807) is 0 Å².